The summed E-state index contributed by atoms with van der Waals surface area (Å²) in [6.45, 7) is 4.97. The van der Waals surface area contributed by atoms with Gasteiger partial charge in [-0.25, -0.2) is 0 Å². The molecule has 0 atom stereocenters. The molecule has 0 spiro atoms. The number of aromatic nitrogens is 3. The van der Waals surface area contributed by atoms with Crippen molar-refractivity contribution in [3.05, 3.63) is 63.3 Å². The van der Waals surface area contributed by atoms with Gasteiger partial charge in [0.25, 0.3) is 5.56 Å². The molecule has 1 fully saturated rings. The molecule has 0 bridgehead atoms. The molecule has 2 aromatic heterocycles. The van der Waals surface area contributed by atoms with E-state index in [0.29, 0.717) is 5.39 Å². The summed E-state index contributed by atoms with van der Waals surface area (Å²) in [5.41, 5.74) is 4.71. The van der Waals surface area contributed by atoms with Gasteiger partial charge < -0.3 is 9.72 Å². The van der Waals surface area contributed by atoms with Crippen LogP contribution in [0.2, 0.25) is 0 Å². The molecule has 0 unspecified atom stereocenters. The van der Waals surface area contributed by atoms with E-state index in [9.17, 15) is 4.79 Å². The highest BCUT2D eigenvalue weighted by molar-refractivity contribution is 5.83. The predicted octanol–water partition coefficient (Wildman–Crippen LogP) is 3.56. The third-order valence-electron chi connectivity index (χ3n) is 6.10. The summed E-state index contributed by atoms with van der Waals surface area (Å²) in [7, 11) is 0. The highest BCUT2D eigenvalue weighted by Crippen LogP contribution is 2.28. The van der Waals surface area contributed by atoms with Crippen molar-refractivity contribution < 1.29 is 4.74 Å². The maximum Gasteiger partial charge on any atom is 0.255 e. The Labute approximate surface area is 169 Å². The van der Waals surface area contributed by atoms with Gasteiger partial charge in [0, 0.05) is 36.8 Å². The van der Waals surface area contributed by atoms with Crippen molar-refractivity contribution >= 4 is 16.8 Å². The SMILES string of the molecule is Cc1cc2c(=O)[nH]ccc2cc1OC1CCN(Cc2[nH]nc3c2CCC=C3)CC1. The second kappa shape index (κ2) is 7.52. The lowest BCUT2D eigenvalue weighted by atomic mass is 10.0. The Morgan fingerprint density at radius 2 is 2.14 bits per heavy atom. The van der Waals surface area contributed by atoms with Crippen LogP contribution in [0.15, 0.2) is 35.3 Å². The van der Waals surface area contributed by atoms with Crippen LogP contribution in [0.25, 0.3) is 16.8 Å². The Bertz CT molecular complexity index is 1120. The van der Waals surface area contributed by atoms with Gasteiger partial charge in [0.1, 0.15) is 11.9 Å². The number of ether oxygens (including phenoxy) is 1. The quantitative estimate of drug-likeness (QED) is 0.714. The van der Waals surface area contributed by atoms with E-state index >= 15 is 0 Å². The van der Waals surface area contributed by atoms with Crippen LogP contribution < -0.4 is 10.3 Å². The standard InChI is InChI=1S/C23H26N4O2/c1-15-12-19-16(6-9-24-23(19)28)13-22(15)29-17-7-10-27(11-8-17)14-21-18-4-2-3-5-20(18)25-26-21/h3,5-6,9,12-13,17H,2,4,7-8,10-11,14H2,1H3,(H,24,28)(H,25,26). The van der Waals surface area contributed by atoms with Crippen LogP contribution >= 0.6 is 0 Å². The maximum absolute atomic E-state index is 12.0. The Hall–Kier alpha value is -2.86. The third kappa shape index (κ3) is 3.60. The molecule has 2 aliphatic rings. The lowest BCUT2D eigenvalue weighted by molar-refractivity contribution is 0.0955. The zero-order valence-corrected chi connectivity index (χ0v) is 16.7. The fraction of sp³-hybridized carbons (Fsp3) is 0.391. The highest BCUT2D eigenvalue weighted by Gasteiger charge is 2.23. The third-order valence-corrected chi connectivity index (χ3v) is 6.10. The number of nitrogens with one attached hydrogen (secondary N) is 2. The summed E-state index contributed by atoms with van der Waals surface area (Å²) >= 11 is 0. The number of fused-ring (bicyclic) bond motifs is 2. The molecule has 0 amide bonds. The van der Waals surface area contributed by atoms with Crippen molar-refractivity contribution in [1.82, 2.24) is 20.1 Å². The van der Waals surface area contributed by atoms with E-state index in [1.54, 1.807) is 6.20 Å². The molecule has 0 saturated carbocycles. The van der Waals surface area contributed by atoms with Crippen LogP contribution in [0.5, 0.6) is 5.75 Å². The van der Waals surface area contributed by atoms with Gasteiger partial charge in [-0.15, -0.1) is 0 Å². The number of piperidine rings is 1. The Balaban J connectivity index is 1.23. The van der Waals surface area contributed by atoms with Gasteiger partial charge in [-0.1, -0.05) is 6.08 Å². The van der Waals surface area contributed by atoms with Gasteiger partial charge in [-0.3, -0.25) is 14.8 Å². The normalized spacial score (nSPS) is 17.6. The van der Waals surface area contributed by atoms with Gasteiger partial charge >= 0.3 is 0 Å². The largest absolute Gasteiger partial charge is 0.490 e. The average molecular weight is 390 g/mol. The number of hydrogen-bond acceptors (Lipinski definition) is 4. The second-order valence-corrected chi connectivity index (χ2v) is 8.11. The fourth-order valence-electron chi connectivity index (χ4n) is 4.43. The Morgan fingerprint density at radius 1 is 1.28 bits per heavy atom. The van der Waals surface area contributed by atoms with Gasteiger partial charge in [0.05, 0.1) is 11.4 Å². The van der Waals surface area contributed by atoms with Crippen LogP contribution in [0.3, 0.4) is 0 Å². The monoisotopic (exact) mass is 390 g/mol. The Kier molecular flexibility index (Phi) is 4.72. The average Bonchev–Trinajstić information content (AvgIpc) is 3.14. The van der Waals surface area contributed by atoms with Gasteiger partial charge in [0.2, 0.25) is 0 Å². The molecule has 6 nitrogen and oxygen atoms in total. The maximum atomic E-state index is 12.0. The molecule has 150 valence electrons. The van der Waals surface area contributed by atoms with Crippen LogP contribution in [0, 0.1) is 6.92 Å². The zero-order valence-electron chi connectivity index (χ0n) is 16.7. The molecule has 1 aliphatic heterocycles. The van der Waals surface area contributed by atoms with Crippen LogP contribution in [0.4, 0.5) is 0 Å². The molecule has 3 aromatic rings. The smallest absolute Gasteiger partial charge is 0.255 e. The number of rotatable bonds is 4. The molecule has 0 radical (unpaired) electrons. The van der Waals surface area contributed by atoms with E-state index in [4.69, 9.17) is 4.74 Å². The Morgan fingerprint density at radius 3 is 3.00 bits per heavy atom. The van der Waals surface area contributed by atoms with Crippen molar-refractivity contribution in [2.45, 2.75) is 45.3 Å². The number of H-pyrrole nitrogens is 2. The minimum Gasteiger partial charge on any atom is -0.490 e. The fourth-order valence-corrected chi connectivity index (χ4v) is 4.43. The number of likely N-dealkylation sites (tertiary alicyclic amines) is 1. The molecule has 29 heavy (non-hydrogen) atoms. The summed E-state index contributed by atoms with van der Waals surface area (Å²) in [5.74, 6) is 0.885. The molecule has 5 rings (SSSR count). The van der Waals surface area contributed by atoms with Crippen molar-refractivity contribution in [3.63, 3.8) is 0 Å². The number of nitrogens with zero attached hydrogens (tertiary/aromatic N) is 2. The van der Waals surface area contributed by atoms with Crippen molar-refractivity contribution in [3.8, 4) is 5.75 Å². The van der Waals surface area contributed by atoms with E-state index in [-0.39, 0.29) is 11.7 Å². The van der Waals surface area contributed by atoms with Gasteiger partial charge in [-0.05, 0) is 67.8 Å². The summed E-state index contributed by atoms with van der Waals surface area (Å²) in [4.78, 5) is 17.2. The molecular weight excluding hydrogens is 364 g/mol. The van der Waals surface area contributed by atoms with E-state index in [1.165, 1.54) is 11.3 Å². The highest BCUT2D eigenvalue weighted by atomic mass is 16.5. The molecule has 2 N–H and O–H groups in total. The molecule has 1 aromatic carbocycles. The second-order valence-electron chi connectivity index (χ2n) is 8.11. The lowest BCUT2D eigenvalue weighted by Crippen LogP contribution is -2.38. The van der Waals surface area contributed by atoms with E-state index in [2.05, 4.69) is 32.2 Å². The van der Waals surface area contributed by atoms with E-state index in [0.717, 1.165) is 67.7 Å². The van der Waals surface area contributed by atoms with Gasteiger partial charge in [0.15, 0.2) is 0 Å². The topological polar surface area (TPSA) is 74.0 Å². The molecule has 3 heterocycles. The van der Waals surface area contributed by atoms with Crippen LogP contribution in [0.1, 0.15) is 41.8 Å². The first-order valence-corrected chi connectivity index (χ1v) is 10.4. The first kappa shape index (κ1) is 18.2. The molecular formula is C23H26N4O2. The first-order chi connectivity index (χ1) is 14.2. The number of pyridine rings is 1. The minimum absolute atomic E-state index is 0.0538. The summed E-state index contributed by atoms with van der Waals surface area (Å²) in [5, 5.41) is 9.32. The number of allylic oxidation sites excluding steroid dienone is 1. The molecule has 1 aliphatic carbocycles. The lowest BCUT2D eigenvalue weighted by Gasteiger charge is -2.32. The molecule has 6 heteroatoms. The number of aromatic amines is 2. The minimum atomic E-state index is -0.0538. The predicted molar refractivity (Wildman–Crippen MR) is 114 cm³/mol. The van der Waals surface area contributed by atoms with E-state index < -0.39 is 0 Å². The number of aryl methyl sites for hydroxylation is 1. The summed E-state index contributed by atoms with van der Waals surface area (Å²) in [6.07, 6.45) is 10.4. The van der Waals surface area contributed by atoms with Gasteiger partial charge in [-0.2, -0.15) is 5.10 Å². The zero-order chi connectivity index (χ0) is 19.8. The number of hydrogen-bond donors (Lipinski definition) is 2. The first-order valence-electron chi connectivity index (χ1n) is 10.4. The molecule has 1 saturated heterocycles. The van der Waals surface area contributed by atoms with Crippen molar-refractivity contribution in [1.29, 1.82) is 0 Å². The van der Waals surface area contributed by atoms with Crippen molar-refractivity contribution in [2.24, 2.45) is 0 Å². The van der Waals surface area contributed by atoms with Crippen LogP contribution in [-0.2, 0) is 13.0 Å². The summed E-state index contributed by atoms with van der Waals surface area (Å²) < 4.78 is 6.34. The summed E-state index contributed by atoms with van der Waals surface area (Å²) in [6, 6.07) is 5.84. The van der Waals surface area contributed by atoms with Crippen molar-refractivity contribution in [2.75, 3.05) is 13.1 Å². The van der Waals surface area contributed by atoms with E-state index in [1.807, 2.05) is 25.1 Å². The number of benzene rings is 1. The van der Waals surface area contributed by atoms with Crippen LogP contribution in [-0.4, -0.2) is 39.3 Å².